The van der Waals surface area contributed by atoms with Gasteiger partial charge in [-0.25, -0.2) is 4.98 Å². The van der Waals surface area contributed by atoms with Gasteiger partial charge in [0.1, 0.15) is 5.69 Å². The molecule has 3 N–H and O–H groups in total. The number of imidazole rings is 1. The molecule has 0 aliphatic carbocycles. The third-order valence-corrected chi connectivity index (χ3v) is 2.38. The molecule has 78 valence electrons. The van der Waals surface area contributed by atoms with Crippen LogP contribution in [0.4, 0.5) is 10.3 Å². The van der Waals surface area contributed by atoms with Crippen LogP contribution in [0.3, 0.4) is 0 Å². The largest absolute Gasteiger partial charge is 0.374 e. The van der Waals surface area contributed by atoms with Gasteiger partial charge >= 0.3 is 0 Å². The van der Waals surface area contributed by atoms with Gasteiger partial charge in [0, 0.05) is 7.05 Å². The summed E-state index contributed by atoms with van der Waals surface area (Å²) in [6.45, 7) is 0. The third kappa shape index (κ3) is 1.94. The molecule has 0 fully saturated rings. The summed E-state index contributed by atoms with van der Waals surface area (Å²) in [6.07, 6.45) is 3.02. The summed E-state index contributed by atoms with van der Waals surface area (Å²) in [7, 11) is 1.73. The first-order chi connectivity index (χ1) is 7.16. The summed E-state index contributed by atoms with van der Waals surface area (Å²) in [5.74, 6) is -0.286. The van der Waals surface area contributed by atoms with Crippen LogP contribution in [0.25, 0.3) is 0 Å². The number of carbonyl (C=O) groups is 1. The number of aromatic nitrogens is 4. The van der Waals surface area contributed by atoms with Crippen LogP contribution in [0.5, 0.6) is 0 Å². The van der Waals surface area contributed by atoms with Crippen molar-refractivity contribution in [2.75, 3.05) is 11.1 Å². The summed E-state index contributed by atoms with van der Waals surface area (Å²) in [5.41, 5.74) is 5.83. The molecule has 2 aromatic rings. The predicted octanol–water partition coefficient (Wildman–Crippen LogP) is 0.106. The highest BCUT2D eigenvalue weighted by Gasteiger charge is 2.11. The van der Waals surface area contributed by atoms with Crippen molar-refractivity contribution >= 4 is 27.5 Å². The van der Waals surface area contributed by atoms with Gasteiger partial charge in [-0.1, -0.05) is 11.3 Å². The van der Waals surface area contributed by atoms with Crippen LogP contribution in [0.15, 0.2) is 12.5 Å². The Balaban J connectivity index is 2.14. The molecule has 7 nitrogen and oxygen atoms in total. The topological polar surface area (TPSA) is 98.7 Å². The normalized spacial score (nSPS) is 10.2. The second kappa shape index (κ2) is 3.65. The summed E-state index contributed by atoms with van der Waals surface area (Å²) >= 11 is 1.11. The summed E-state index contributed by atoms with van der Waals surface area (Å²) < 4.78 is 1.61. The summed E-state index contributed by atoms with van der Waals surface area (Å²) in [5, 5.41) is 10.5. The van der Waals surface area contributed by atoms with Crippen LogP contribution in [0.2, 0.25) is 0 Å². The van der Waals surface area contributed by atoms with Crippen molar-refractivity contribution in [1.29, 1.82) is 0 Å². The van der Waals surface area contributed by atoms with Crippen molar-refractivity contribution in [3.8, 4) is 0 Å². The van der Waals surface area contributed by atoms with E-state index in [2.05, 4.69) is 20.5 Å². The number of anilines is 2. The van der Waals surface area contributed by atoms with Gasteiger partial charge in [0.15, 0.2) is 0 Å². The maximum Gasteiger partial charge on any atom is 0.275 e. The average Bonchev–Trinajstić information content (AvgIpc) is 2.75. The Kier molecular flexibility index (Phi) is 2.34. The molecule has 0 unspecified atom stereocenters. The first kappa shape index (κ1) is 9.59. The van der Waals surface area contributed by atoms with E-state index in [4.69, 9.17) is 5.73 Å². The van der Waals surface area contributed by atoms with Crippen LogP contribution in [0, 0.1) is 0 Å². The van der Waals surface area contributed by atoms with Crippen LogP contribution >= 0.6 is 11.3 Å². The monoisotopic (exact) mass is 224 g/mol. The predicted molar refractivity (Wildman–Crippen MR) is 55.5 cm³/mol. The van der Waals surface area contributed by atoms with Gasteiger partial charge < -0.3 is 10.3 Å². The minimum absolute atomic E-state index is 0.286. The molecule has 0 spiro atoms. The number of rotatable bonds is 2. The van der Waals surface area contributed by atoms with Gasteiger partial charge in [0.25, 0.3) is 5.91 Å². The zero-order valence-electron chi connectivity index (χ0n) is 7.84. The van der Waals surface area contributed by atoms with E-state index in [1.165, 1.54) is 6.20 Å². The lowest BCUT2D eigenvalue weighted by atomic mass is 10.4. The fourth-order valence-corrected chi connectivity index (χ4v) is 1.53. The van der Waals surface area contributed by atoms with Gasteiger partial charge in [-0.15, -0.1) is 10.2 Å². The van der Waals surface area contributed by atoms with E-state index >= 15 is 0 Å². The van der Waals surface area contributed by atoms with Gasteiger partial charge in [0.2, 0.25) is 10.3 Å². The van der Waals surface area contributed by atoms with Gasteiger partial charge in [-0.05, 0) is 0 Å². The van der Waals surface area contributed by atoms with Crippen LogP contribution in [-0.4, -0.2) is 25.7 Å². The van der Waals surface area contributed by atoms with E-state index in [9.17, 15) is 4.79 Å². The van der Waals surface area contributed by atoms with Crippen LogP contribution < -0.4 is 11.1 Å². The van der Waals surface area contributed by atoms with Crippen molar-refractivity contribution in [2.45, 2.75) is 0 Å². The minimum atomic E-state index is -0.286. The number of hydrogen-bond donors (Lipinski definition) is 2. The SMILES string of the molecule is Cn1cncc1C(=O)Nc1nnc(N)s1. The van der Waals surface area contributed by atoms with E-state index in [1.54, 1.807) is 17.9 Å². The zero-order valence-corrected chi connectivity index (χ0v) is 8.65. The van der Waals surface area contributed by atoms with Gasteiger partial charge in [0.05, 0.1) is 12.5 Å². The molecule has 2 rings (SSSR count). The minimum Gasteiger partial charge on any atom is -0.374 e. The molecule has 2 heterocycles. The Morgan fingerprint density at radius 2 is 2.40 bits per heavy atom. The van der Waals surface area contributed by atoms with E-state index in [0.29, 0.717) is 16.0 Å². The number of amides is 1. The van der Waals surface area contributed by atoms with Crippen molar-refractivity contribution in [2.24, 2.45) is 7.05 Å². The number of nitrogen functional groups attached to an aromatic ring is 1. The lowest BCUT2D eigenvalue weighted by Crippen LogP contribution is -2.15. The fourth-order valence-electron chi connectivity index (χ4n) is 1.02. The highest BCUT2D eigenvalue weighted by atomic mass is 32.1. The molecule has 0 saturated carbocycles. The average molecular weight is 224 g/mol. The summed E-state index contributed by atoms with van der Waals surface area (Å²) in [6, 6.07) is 0. The van der Waals surface area contributed by atoms with Crippen molar-refractivity contribution in [3.63, 3.8) is 0 Å². The Morgan fingerprint density at radius 1 is 1.60 bits per heavy atom. The highest BCUT2D eigenvalue weighted by Crippen LogP contribution is 2.16. The molecule has 0 radical (unpaired) electrons. The first-order valence-electron chi connectivity index (χ1n) is 4.03. The Labute approximate surface area is 89.0 Å². The Hall–Kier alpha value is -1.96. The number of nitrogens with two attached hydrogens (primary N) is 1. The number of hydrogen-bond acceptors (Lipinski definition) is 6. The molecular weight excluding hydrogens is 216 g/mol. The van der Waals surface area contributed by atoms with E-state index in [1.807, 2.05) is 0 Å². The maximum absolute atomic E-state index is 11.6. The van der Waals surface area contributed by atoms with Crippen LogP contribution in [-0.2, 0) is 7.05 Å². The fraction of sp³-hybridized carbons (Fsp3) is 0.143. The lowest BCUT2D eigenvalue weighted by molar-refractivity contribution is 0.101. The second-order valence-electron chi connectivity index (χ2n) is 2.79. The second-order valence-corrected chi connectivity index (χ2v) is 3.80. The molecule has 0 aromatic carbocycles. The standard InChI is InChI=1S/C7H8N6OS/c1-13-3-9-2-4(13)5(14)10-7-12-11-6(8)15-7/h2-3H,1H3,(H2,8,11)(H,10,12,14). The van der Waals surface area contributed by atoms with E-state index < -0.39 is 0 Å². The first-order valence-corrected chi connectivity index (χ1v) is 4.85. The van der Waals surface area contributed by atoms with Crippen molar-refractivity contribution in [3.05, 3.63) is 18.2 Å². The van der Waals surface area contributed by atoms with Crippen LogP contribution in [0.1, 0.15) is 10.5 Å². The molecule has 2 aromatic heterocycles. The number of nitrogens with zero attached hydrogens (tertiary/aromatic N) is 4. The zero-order chi connectivity index (χ0) is 10.8. The molecule has 0 aliphatic heterocycles. The molecule has 15 heavy (non-hydrogen) atoms. The Bertz CT molecular complexity index is 489. The van der Waals surface area contributed by atoms with Gasteiger partial charge in [-0.2, -0.15) is 0 Å². The molecular formula is C7H8N6OS. The number of aryl methyl sites for hydroxylation is 1. The van der Waals surface area contributed by atoms with Crippen molar-refractivity contribution in [1.82, 2.24) is 19.7 Å². The smallest absolute Gasteiger partial charge is 0.275 e. The van der Waals surface area contributed by atoms with Gasteiger partial charge in [-0.3, -0.25) is 10.1 Å². The summed E-state index contributed by atoms with van der Waals surface area (Å²) in [4.78, 5) is 15.5. The third-order valence-electron chi connectivity index (χ3n) is 1.71. The van der Waals surface area contributed by atoms with E-state index in [-0.39, 0.29) is 5.91 Å². The molecule has 0 atom stereocenters. The van der Waals surface area contributed by atoms with Crippen molar-refractivity contribution < 1.29 is 4.79 Å². The molecule has 1 amide bonds. The molecule has 0 saturated heterocycles. The molecule has 0 bridgehead atoms. The number of nitrogens with one attached hydrogen (secondary N) is 1. The highest BCUT2D eigenvalue weighted by molar-refractivity contribution is 7.19. The molecule has 0 aliphatic rings. The Morgan fingerprint density at radius 3 is 2.93 bits per heavy atom. The molecule has 8 heteroatoms. The maximum atomic E-state index is 11.6. The quantitative estimate of drug-likeness (QED) is 0.754. The van der Waals surface area contributed by atoms with E-state index in [0.717, 1.165) is 11.3 Å². The number of carbonyl (C=O) groups excluding carboxylic acids is 1. The lowest BCUT2D eigenvalue weighted by Gasteiger charge is -2.00.